The van der Waals surface area contributed by atoms with Crippen molar-refractivity contribution in [2.24, 2.45) is 23.7 Å². The van der Waals surface area contributed by atoms with E-state index >= 15 is 0 Å². The van der Waals surface area contributed by atoms with E-state index in [2.05, 4.69) is 62.5 Å². The summed E-state index contributed by atoms with van der Waals surface area (Å²) in [6.07, 6.45) is 19.4. The summed E-state index contributed by atoms with van der Waals surface area (Å²) in [7, 11) is 0. The van der Waals surface area contributed by atoms with Crippen LogP contribution in [0.1, 0.15) is 20.3 Å². The molecule has 0 radical (unpaired) electrons. The average molecular weight is 200 g/mol. The van der Waals surface area contributed by atoms with Crippen molar-refractivity contribution in [3.8, 4) is 0 Å². The quantitative estimate of drug-likeness (QED) is 0.640. The van der Waals surface area contributed by atoms with Crippen LogP contribution in [0.15, 0.2) is 48.6 Å². The van der Waals surface area contributed by atoms with Crippen LogP contribution in [-0.4, -0.2) is 0 Å². The third-order valence-electron chi connectivity index (χ3n) is 3.29. The fourth-order valence-corrected chi connectivity index (χ4v) is 2.58. The molecule has 0 aromatic rings. The average Bonchev–Trinajstić information content (AvgIpc) is 2.87. The molecule has 0 amide bonds. The first-order chi connectivity index (χ1) is 7.27. The number of hydrogen-bond donors (Lipinski definition) is 0. The van der Waals surface area contributed by atoms with Crippen molar-refractivity contribution in [1.82, 2.24) is 0 Å². The van der Waals surface area contributed by atoms with Crippen molar-refractivity contribution in [1.29, 1.82) is 0 Å². The Kier molecular flexibility index (Phi) is 3.25. The largest absolute Gasteiger partial charge is 0.0773 e. The first-order valence-electron chi connectivity index (χ1n) is 5.97. The normalized spacial score (nSPS) is 20.5. The zero-order chi connectivity index (χ0) is 10.7. The zero-order valence-electron chi connectivity index (χ0n) is 9.64. The Hall–Kier alpha value is -1.04. The SMILES string of the molecule is CC(C)CC(C1C=CC=C1)C1C=CC=C1. The Morgan fingerprint density at radius 2 is 1.20 bits per heavy atom. The molecule has 0 aromatic carbocycles. The van der Waals surface area contributed by atoms with Crippen LogP contribution in [0.2, 0.25) is 0 Å². The van der Waals surface area contributed by atoms with Crippen LogP contribution in [0.25, 0.3) is 0 Å². The second-order valence-electron chi connectivity index (χ2n) is 4.99. The van der Waals surface area contributed by atoms with E-state index in [-0.39, 0.29) is 0 Å². The van der Waals surface area contributed by atoms with Gasteiger partial charge in [-0.25, -0.2) is 0 Å². The van der Waals surface area contributed by atoms with Crippen molar-refractivity contribution >= 4 is 0 Å². The third-order valence-corrected chi connectivity index (χ3v) is 3.29. The van der Waals surface area contributed by atoms with E-state index in [1.54, 1.807) is 0 Å². The topological polar surface area (TPSA) is 0 Å². The lowest BCUT2D eigenvalue weighted by Gasteiger charge is -2.27. The monoisotopic (exact) mass is 200 g/mol. The second kappa shape index (κ2) is 4.65. The molecule has 0 saturated carbocycles. The zero-order valence-corrected chi connectivity index (χ0v) is 9.64. The minimum Gasteiger partial charge on any atom is -0.0773 e. The van der Waals surface area contributed by atoms with E-state index in [1.165, 1.54) is 6.42 Å². The molecule has 0 spiro atoms. The molecule has 0 N–H and O–H groups in total. The highest BCUT2D eigenvalue weighted by Crippen LogP contribution is 2.35. The van der Waals surface area contributed by atoms with Crippen molar-refractivity contribution in [3.05, 3.63) is 48.6 Å². The van der Waals surface area contributed by atoms with Gasteiger partial charge in [0.25, 0.3) is 0 Å². The Morgan fingerprint density at radius 3 is 1.53 bits per heavy atom. The summed E-state index contributed by atoms with van der Waals surface area (Å²) in [6, 6.07) is 0. The van der Waals surface area contributed by atoms with E-state index in [4.69, 9.17) is 0 Å². The van der Waals surface area contributed by atoms with Gasteiger partial charge in [0.1, 0.15) is 0 Å². The van der Waals surface area contributed by atoms with Gasteiger partial charge in [-0.1, -0.05) is 62.5 Å². The van der Waals surface area contributed by atoms with Crippen LogP contribution in [0, 0.1) is 23.7 Å². The lowest BCUT2D eigenvalue weighted by molar-refractivity contribution is 0.322. The molecule has 0 nitrogen and oxygen atoms in total. The van der Waals surface area contributed by atoms with E-state index in [9.17, 15) is 0 Å². The number of allylic oxidation sites excluding steroid dienone is 8. The molecule has 0 saturated heterocycles. The number of rotatable bonds is 4. The van der Waals surface area contributed by atoms with Crippen LogP contribution < -0.4 is 0 Å². The minimum atomic E-state index is 0.643. The van der Waals surface area contributed by atoms with Gasteiger partial charge in [-0.05, 0) is 30.1 Å². The molecule has 0 heterocycles. The van der Waals surface area contributed by atoms with Crippen molar-refractivity contribution in [2.75, 3.05) is 0 Å². The fourth-order valence-electron chi connectivity index (χ4n) is 2.58. The highest BCUT2D eigenvalue weighted by molar-refractivity contribution is 5.24. The molecule has 0 bridgehead atoms. The summed E-state index contributed by atoms with van der Waals surface area (Å²) in [5, 5.41) is 0. The van der Waals surface area contributed by atoms with Gasteiger partial charge in [0.2, 0.25) is 0 Å². The lowest BCUT2D eigenvalue weighted by atomic mass is 9.78. The summed E-state index contributed by atoms with van der Waals surface area (Å²) in [6.45, 7) is 4.63. The third kappa shape index (κ3) is 2.50. The van der Waals surface area contributed by atoms with Gasteiger partial charge in [-0.15, -0.1) is 0 Å². The first-order valence-corrected chi connectivity index (χ1v) is 5.97. The highest BCUT2D eigenvalue weighted by atomic mass is 14.3. The predicted molar refractivity (Wildman–Crippen MR) is 66.5 cm³/mol. The summed E-state index contributed by atoms with van der Waals surface area (Å²) in [5.41, 5.74) is 0. The Labute approximate surface area is 93.1 Å². The van der Waals surface area contributed by atoms with Crippen LogP contribution in [-0.2, 0) is 0 Å². The predicted octanol–water partition coefficient (Wildman–Crippen LogP) is 4.13. The Morgan fingerprint density at radius 1 is 0.800 bits per heavy atom. The maximum absolute atomic E-state index is 2.34. The van der Waals surface area contributed by atoms with Gasteiger partial charge in [0.15, 0.2) is 0 Å². The summed E-state index contributed by atoms with van der Waals surface area (Å²) in [4.78, 5) is 0. The Balaban J connectivity index is 2.08. The summed E-state index contributed by atoms with van der Waals surface area (Å²) < 4.78 is 0. The molecule has 0 atom stereocenters. The molecular formula is C15H20. The van der Waals surface area contributed by atoms with Gasteiger partial charge in [-0.3, -0.25) is 0 Å². The van der Waals surface area contributed by atoms with Gasteiger partial charge >= 0.3 is 0 Å². The molecule has 2 aliphatic carbocycles. The first kappa shape index (κ1) is 10.5. The standard InChI is InChI=1S/C15H20/c1-12(2)11-15(13-7-3-4-8-13)14-9-5-6-10-14/h3-10,12-15H,11H2,1-2H3. The van der Waals surface area contributed by atoms with Crippen molar-refractivity contribution < 1.29 is 0 Å². The molecule has 0 fully saturated rings. The van der Waals surface area contributed by atoms with Gasteiger partial charge in [0.05, 0.1) is 0 Å². The van der Waals surface area contributed by atoms with E-state index in [0.29, 0.717) is 11.8 Å². The van der Waals surface area contributed by atoms with Gasteiger partial charge in [-0.2, -0.15) is 0 Å². The van der Waals surface area contributed by atoms with Crippen molar-refractivity contribution in [3.63, 3.8) is 0 Å². The van der Waals surface area contributed by atoms with Crippen LogP contribution in [0.3, 0.4) is 0 Å². The highest BCUT2D eigenvalue weighted by Gasteiger charge is 2.26. The molecular weight excluding hydrogens is 180 g/mol. The second-order valence-corrected chi connectivity index (χ2v) is 4.99. The lowest BCUT2D eigenvalue weighted by Crippen LogP contribution is -2.19. The van der Waals surface area contributed by atoms with Gasteiger partial charge < -0.3 is 0 Å². The summed E-state index contributed by atoms with van der Waals surface area (Å²) in [5.74, 6) is 2.81. The van der Waals surface area contributed by atoms with Crippen molar-refractivity contribution in [2.45, 2.75) is 20.3 Å². The maximum Gasteiger partial charge on any atom is -0.00102 e. The molecule has 0 aromatic heterocycles. The molecule has 0 unspecified atom stereocenters. The molecule has 2 rings (SSSR count). The van der Waals surface area contributed by atoms with E-state index < -0.39 is 0 Å². The van der Waals surface area contributed by atoms with E-state index in [0.717, 1.165) is 11.8 Å². The van der Waals surface area contributed by atoms with E-state index in [1.807, 2.05) is 0 Å². The molecule has 0 aliphatic heterocycles. The summed E-state index contributed by atoms with van der Waals surface area (Å²) >= 11 is 0. The molecule has 15 heavy (non-hydrogen) atoms. The van der Waals surface area contributed by atoms with Crippen LogP contribution >= 0.6 is 0 Å². The molecule has 0 heteroatoms. The maximum atomic E-state index is 2.34. The smallest absolute Gasteiger partial charge is 0.00102 e. The molecule has 80 valence electrons. The van der Waals surface area contributed by atoms with Gasteiger partial charge in [0, 0.05) is 0 Å². The fraction of sp³-hybridized carbons (Fsp3) is 0.467. The Bertz CT molecular complexity index is 263. The van der Waals surface area contributed by atoms with Crippen LogP contribution in [0.5, 0.6) is 0 Å². The van der Waals surface area contributed by atoms with Crippen LogP contribution in [0.4, 0.5) is 0 Å². The molecule has 2 aliphatic rings. The number of hydrogen-bond acceptors (Lipinski definition) is 0. The minimum absolute atomic E-state index is 0.643.